The van der Waals surface area contributed by atoms with Gasteiger partial charge in [0.1, 0.15) is 30.7 Å². The van der Waals surface area contributed by atoms with Gasteiger partial charge in [0.25, 0.3) is 0 Å². The van der Waals surface area contributed by atoms with Crippen molar-refractivity contribution >= 4 is 41.3 Å². The van der Waals surface area contributed by atoms with Crippen molar-refractivity contribution in [3.05, 3.63) is 60.3 Å². The smallest absolute Gasteiger partial charge is 0.229 e. The predicted molar refractivity (Wildman–Crippen MR) is 186 cm³/mol. The van der Waals surface area contributed by atoms with Crippen molar-refractivity contribution < 1.29 is 9.30 Å². The lowest BCUT2D eigenvalue weighted by molar-refractivity contribution is 0.150. The summed E-state index contributed by atoms with van der Waals surface area (Å²) < 4.78 is 20.7. The average molecular weight is 645 g/mol. The molecule has 46 heavy (non-hydrogen) atoms. The first-order valence-corrected chi connectivity index (χ1v) is 18.7. The second-order valence-electron chi connectivity index (χ2n) is 12.3. The van der Waals surface area contributed by atoms with E-state index in [0.29, 0.717) is 29.3 Å². The number of hydrogen-bond acceptors (Lipinski definition) is 11. The molecule has 0 radical (unpaired) electrons. The van der Waals surface area contributed by atoms with Crippen LogP contribution < -0.4 is 30.9 Å². The Morgan fingerprint density at radius 3 is 2.43 bits per heavy atom. The number of aromatic nitrogens is 5. The number of benzene rings is 2. The molecule has 0 amide bonds. The number of piperidine rings is 1. The molecule has 13 heteroatoms. The lowest BCUT2D eigenvalue weighted by Crippen LogP contribution is -2.52. The van der Waals surface area contributed by atoms with E-state index in [9.17, 15) is 4.57 Å². The number of nitrogens with zero attached hydrogens (tertiary/aromatic N) is 7. The Morgan fingerprint density at radius 1 is 1.00 bits per heavy atom. The summed E-state index contributed by atoms with van der Waals surface area (Å²) in [5.41, 5.74) is 4.59. The van der Waals surface area contributed by atoms with Gasteiger partial charge in [-0.2, -0.15) is 10.1 Å². The number of para-hydroxylation sites is 1. The number of ether oxygens (including phenoxy) is 1. The Labute approximate surface area is 271 Å². The zero-order valence-corrected chi connectivity index (χ0v) is 28.3. The number of anilines is 5. The predicted octanol–water partition coefficient (Wildman–Crippen LogP) is 4.55. The second-order valence-corrected chi connectivity index (χ2v) is 15.5. The van der Waals surface area contributed by atoms with Crippen molar-refractivity contribution in [2.45, 2.75) is 39.2 Å². The van der Waals surface area contributed by atoms with Crippen LogP contribution in [0.5, 0.6) is 5.75 Å². The molecular weight excluding hydrogens is 599 g/mol. The first kappa shape index (κ1) is 32.0. The lowest BCUT2D eigenvalue weighted by atomic mass is 9.99. The van der Waals surface area contributed by atoms with E-state index in [0.717, 1.165) is 68.1 Å². The van der Waals surface area contributed by atoms with Gasteiger partial charge in [-0.15, -0.1) is 0 Å². The van der Waals surface area contributed by atoms with Crippen molar-refractivity contribution in [2.75, 3.05) is 75.2 Å². The minimum atomic E-state index is -2.57. The molecule has 2 fully saturated rings. The summed E-state index contributed by atoms with van der Waals surface area (Å²) >= 11 is 0. The SMILES string of the molecule is CCc1cc(Nc2ncc(-n3cnc(C)n3)c(Nc3ccccc3P(C)(C)=O)n2)c(OC)cc1N1CCC(N2CCNCC2)CC1. The van der Waals surface area contributed by atoms with E-state index in [-0.39, 0.29) is 0 Å². The van der Waals surface area contributed by atoms with E-state index in [2.05, 4.69) is 59.9 Å². The molecule has 4 aromatic rings. The highest BCUT2D eigenvalue weighted by atomic mass is 31.2. The molecule has 0 aliphatic carbocycles. The van der Waals surface area contributed by atoms with Crippen molar-refractivity contribution in [3.8, 4) is 11.4 Å². The van der Waals surface area contributed by atoms with Gasteiger partial charge in [0, 0.05) is 62.4 Å². The molecule has 0 bridgehead atoms. The molecule has 2 aromatic heterocycles. The Morgan fingerprint density at radius 2 is 1.76 bits per heavy atom. The van der Waals surface area contributed by atoms with Gasteiger partial charge in [-0.25, -0.2) is 14.6 Å². The maximum absolute atomic E-state index is 13.1. The van der Waals surface area contributed by atoms with Crippen LogP contribution in [0.4, 0.5) is 28.8 Å². The Bertz CT molecular complexity index is 1710. The van der Waals surface area contributed by atoms with Crippen LogP contribution in [-0.2, 0) is 11.0 Å². The molecule has 2 aromatic carbocycles. The van der Waals surface area contributed by atoms with Crippen LogP contribution >= 0.6 is 7.14 Å². The first-order chi connectivity index (χ1) is 22.2. The molecule has 4 heterocycles. The van der Waals surface area contributed by atoms with E-state index < -0.39 is 7.14 Å². The second kappa shape index (κ2) is 13.8. The summed E-state index contributed by atoms with van der Waals surface area (Å²) in [5.74, 6) is 2.25. The van der Waals surface area contributed by atoms with Crippen LogP contribution in [-0.4, -0.2) is 95.4 Å². The van der Waals surface area contributed by atoms with Gasteiger partial charge in [-0.3, -0.25) is 4.90 Å². The fourth-order valence-corrected chi connectivity index (χ4v) is 7.59. The van der Waals surface area contributed by atoms with Gasteiger partial charge < -0.3 is 30.2 Å². The number of rotatable bonds is 10. The van der Waals surface area contributed by atoms with E-state index >= 15 is 0 Å². The molecule has 0 spiro atoms. The number of piperazine rings is 1. The van der Waals surface area contributed by atoms with Crippen LogP contribution in [0.15, 0.2) is 48.9 Å². The first-order valence-electron chi connectivity index (χ1n) is 16.1. The molecule has 2 aliphatic rings. The fraction of sp³-hybridized carbons (Fsp3) is 0.455. The minimum Gasteiger partial charge on any atom is -0.494 e. The molecule has 3 N–H and O–H groups in total. The van der Waals surface area contributed by atoms with Gasteiger partial charge in [0.15, 0.2) is 5.82 Å². The molecule has 12 nitrogen and oxygen atoms in total. The summed E-state index contributed by atoms with van der Waals surface area (Å²) in [6, 6.07) is 12.6. The van der Waals surface area contributed by atoms with Gasteiger partial charge in [-0.05, 0) is 63.3 Å². The lowest BCUT2D eigenvalue weighted by Gasteiger charge is -2.41. The topological polar surface area (TPSA) is 125 Å². The van der Waals surface area contributed by atoms with Crippen molar-refractivity contribution in [1.82, 2.24) is 34.9 Å². The third-order valence-corrected chi connectivity index (χ3v) is 10.4. The number of nitrogens with one attached hydrogen (secondary N) is 3. The summed E-state index contributed by atoms with van der Waals surface area (Å²) in [7, 11) is -0.876. The number of hydrogen-bond donors (Lipinski definition) is 3. The van der Waals surface area contributed by atoms with Gasteiger partial charge in [0.05, 0.1) is 24.7 Å². The van der Waals surface area contributed by atoms with Crippen LogP contribution in [0.25, 0.3) is 5.69 Å². The molecule has 0 saturated carbocycles. The number of methoxy groups -OCH3 is 1. The summed E-state index contributed by atoms with van der Waals surface area (Å²) in [6.07, 6.45) is 6.55. The summed E-state index contributed by atoms with van der Waals surface area (Å²) in [6.45, 7) is 14.1. The molecule has 6 rings (SSSR count). The largest absolute Gasteiger partial charge is 0.494 e. The minimum absolute atomic E-state index is 0.390. The monoisotopic (exact) mass is 644 g/mol. The summed E-state index contributed by atoms with van der Waals surface area (Å²) in [4.78, 5) is 19.0. The Kier molecular flexibility index (Phi) is 9.58. The van der Waals surface area contributed by atoms with Gasteiger partial charge in [0.2, 0.25) is 5.95 Å². The molecule has 0 unspecified atom stereocenters. The van der Waals surface area contributed by atoms with Crippen LogP contribution in [0.1, 0.15) is 31.2 Å². The third-order valence-electron chi connectivity index (χ3n) is 8.86. The highest BCUT2D eigenvalue weighted by molar-refractivity contribution is 7.70. The average Bonchev–Trinajstić information content (AvgIpc) is 3.50. The van der Waals surface area contributed by atoms with Crippen molar-refractivity contribution in [3.63, 3.8) is 0 Å². The third kappa shape index (κ3) is 7.04. The molecular formula is C33H45N10O2P. The molecule has 244 valence electrons. The van der Waals surface area contributed by atoms with E-state index in [1.54, 1.807) is 37.6 Å². The maximum atomic E-state index is 13.1. The number of aryl methyl sites for hydroxylation is 2. The van der Waals surface area contributed by atoms with Crippen molar-refractivity contribution in [1.29, 1.82) is 0 Å². The van der Waals surface area contributed by atoms with Crippen LogP contribution in [0, 0.1) is 6.92 Å². The summed E-state index contributed by atoms with van der Waals surface area (Å²) in [5, 5.41) is 15.5. The van der Waals surface area contributed by atoms with Gasteiger partial charge >= 0.3 is 0 Å². The van der Waals surface area contributed by atoms with Crippen LogP contribution in [0.3, 0.4) is 0 Å². The van der Waals surface area contributed by atoms with Crippen LogP contribution in [0.2, 0.25) is 0 Å². The van der Waals surface area contributed by atoms with E-state index in [1.807, 2.05) is 31.2 Å². The molecule has 0 atom stereocenters. The quantitative estimate of drug-likeness (QED) is 0.211. The molecule has 2 saturated heterocycles. The standard InChI is InChI=1S/C33H45N10O2P/c1-6-24-19-27(30(45-3)20-28(24)42-15-11-25(12-16-42)41-17-13-34-14-18-41)38-33-35-21-29(43-22-36-23(2)40-43)32(39-33)37-26-9-7-8-10-31(26)46(4,5)44/h7-10,19-22,25,34H,6,11-18H2,1-5H3,(H2,35,37,38,39). The van der Waals surface area contributed by atoms with Crippen molar-refractivity contribution in [2.24, 2.45) is 0 Å². The van der Waals surface area contributed by atoms with E-state index in [4.69, 9.17) is 9.72 Å². The zero-order chi connectivity index (χ0) is 32.3. The zero-order valence-electron chi connectivity index (χ0n) is 27.5. The highest BCUT2D eigenvalue weighted by Gasteiger charge is 2.27. The van der Waals surface area contributed by atoms with Gasteiger partial charge in [-0.1, -0.05) is 19.1 Å². The normalized spacial score (nSPS) is 16.4. The highest BCUT2D eigenvalue weighted by Crippen LogP contribution is 2.39. The Hall–Kier alpha value is -3.99. The maximum Gasteiger partial charge on any atom is 0.229 e. The fourth-order valence-electron chi connectivity index (χ4n) is 6.43. The molecule has 2 aliphatic heterocycles. The Balaban J connectivity index is 1.28. The van der Waals surface area contributed by atoms with E-state index in [1.165, 1.54) is 24.1 Å².